The highest BCUT2D eigenvalue weighted by molar-refractivity contribution is 7.18. The minimum atomic E-state index is -4.46. The third kappa shape index (κ3) is 1.53. The molecule has 0 aliphatic rings. The first kappa shape index (κ1) is 9.60. The topological polar surface area (TPSA) is 38.7 Å². The second kappa shape index (κ2) is 3.03. The van der Waals surface area contributed by atoms with E-state index in [2.05, 4.69) is 15.0 Å². The summed E-state index contributed by atoms with van der Waals surface area (Å²) < 4.78 is 36.6. The van der Waals surface area contributed by atoms with Crippen molar-refractivity contribution in [1.82, 2.24) is 15.0 Å². The van der Waals surface area contributed by atoms with Crippen LogP contribution in [-0.4, -0.2) is 15.0 Å². The van der Waals surface area contributed by atoms with Crippen LogP contribution in [0.2, 0.25) is 5.15 Å². The van der Waals surface area contributed by atoms with Gasteiger partial charge in [0, 0.05) is 0 Å². The van der Waals surface area contributed by atoms with Gasteiger partial charge in [0.25, 0.3) is 0 Å². The molecular weight excluding hydrogens is 239 g/mol. The van der Waals surface area contributed by atoms with E-state index in [1.165, 1.54) is 0 Å². The lowest BCUT2D eigenvalue weighted by atomic mass is 10.6. The van der Waals surface area contributed by atoms with Crippen molar-refractivity contribution in [1.29, 1.82) is 0 Å². The van der Waals surface area contributed by atoms with E-state index in [1.807, 2.05) is 0 Å². The second-order valence-corrected chi connectivity index (χ2v) is 3.67. The van der Waals surface area contributed by atoms with Gasteiger partial charge in [-0.1, -0.05) is 22.9 Å². The smallest absolute Gasteiger partial charge is 0.227 e. The molecule has 2 aromatic rings. The molecule has 74 valence electrons. The lowest BCUT2D eigenvalue weighted by Crippen LogP contribution is -2.03. The fourth-order valence-corrected chi connectivity index (χ4v) is 1.85. The Balaban J connectivity index is 2.69. The van der Waals surface area contributed by atoms with E-state index in [0.29, 0.717) is 11.3 Å². The number of halogens is 4. The van der Waals surface area contributed by atoms with Gasteiger partial charge >= 0.3 is 6.18 Å². The normalized spacial score (nSPS) is 12.3. The Morgan fingerprint density at radius 2 is 2.00 bits per heavy atom. The average molecular weight is 240 g/mol. The first-order chi connectivity index (χ1) is 6.48. The van der Waals surface area contributed by atoms with Gasteiger partial charge in [0.05, 0.1) is 0 Å². The molecule has 3 nitrogen and oxygen atoms in total. The first-order valence-electron chi connectivity index (χ1n) is 3.33. The standard InChI is InChI=1S/C6HClF3N3S/c7-3-2-4(12-1-11-3)14-5(13-2)6(8,9)10/h1H. The van der Waals surface area contributed by atoms with Crippen molar-refractivity contribution >= 4 is 33.3 Å². The van der Waals surface area contributed by atoms with Crippen LogP contribution in [0.15, 0.2) is 6.33 Å². The zero-order valence-electron chi connectivity index (χ0n) is 6.34. The molecule has 0 aliphatic heterocycles. The van der Waals surface area contributed by atoms with Gasteiger partial charge in [0.15, 0.2) is 5.15 Å². The van der Waals surface area contributed by atoms with E-state index in [0.717, 1.165) is 6.33 Å². The zero-order chi connectivity index (χ0) is 10.3. The lowest BCUT2D eigenvalue weighted by Gasteiger charge is -1.97. The highest BCUT2D eigenvalue weighted by Gasteiger charge is 2.35. The minimum absolute atomic E-state index is 0.00788. The van der Waals surface area contributed by atoms with E-state index in [-0.39, 0.29) is 15.5 Å². The first-order valence-corrected chi connectivity index (χ1v) is 4.52. The van der Waals surface area contributed by atoms with Crippen molar-refractivity contribution < 1.29 is 13.2 Å². The van der Waals surface area contributed by atoms with Crippen molar-refractivity contribution in [3.63, 3.8) is 0 Å². The van der Waals surface area contributed by atoms with Gasteiger partial charge in [-0.2, -0.15) is 13.2 Å². The molecule has 0 atom stereocenters. The maximum absolute atomic E-state index is 12.2. The van der Waals surface area contributed by atoms with Crippen LogP contribution in [0.4, 0.5) is 13.2 Å². The molecule has 0 N–H and O–H groups in total. The summed E-state index contributed by atoms with van der Waals surface area (Å²) in [7, 11) is 0. The fraction of sp³-hybridized carbons (Fsp3) is 0.167. The van der Waals surface area contributed by atoms with Crippen molar-refractivity contribution in [2.75, 3.05) is 0 Å². The molecule has 0 saturated heterocycles. The van der Waals surface area contributed by atoms with Gasteiger partial charge in [-0.3, -0.25) is 0 Å². The highest BCUT2D eigenvalue weighted by atomic mass is 35.5. The summed E-state index contributed by atoms with van der Waals surface area (Å²) in [6.07, 6.45) is -3.36. The van der Waals surface area contributed by atoms with Gasteiger partial charge < -0.3 is 0 Å². The summed E-state index contributed by atoms with van der Waals surface area (Å²) in [5.41, 5.74) is -0.00788. The molecule has 0 amide bonds. The molecule has 0 spiro atoms. The number of aromatic nitrogens is 3. The van der Waals surface area contributed by atoms with Crippen LogP contribution in [0.5, 0.6) is 0 Å². The number of hydrogen-bond donors (Lipinski definition) is 0. The average Bonchev–Trinajstić information content (AvgIpc) is 2.48. The molecule has 14 heavy (non-hydrogen) atoms. The molecule has 2 aromatic heterocycles. The number of rotatable bonds is 0. The van der Waals surface area contributed by atoms with Gasteiger partial charge in [0.1, 0.15) is 16.7 Å². The molecule has 0 unspecified atom stereocenters. The van der Waals surface area contributed by atoms with Crippen LogP contribution in [0.1, 0.15) is 5.01 Å². The van der Waals surface area contributed by atoms with Gasteiger partial charge in [0.2, 0.25) is 5.01 Å². The van der Waals surface area contributed by atoms with Gasteiger partial charge in [-0.25, -0.2) is 15.0 Å². The summed E-state index contributed by atoms with van der Waals surface area (Å²) in [5, 5.41) is -1.03. The van der Waals surface area contributed by atoms with Crippen LogP contribution in [0, 0.1) is 0 Å². The van der Waals surface area contributed by atoms with E-state index in [4.69, 9.17) is 11.6 Å². The predicted octanol–water partition coefficient (Wildman–Crippen LogP) is 2.76. The Hall–Kier alpha value is -0.950. The third-order valence-electron chi connectivity index (χ3n) is 1.39. The van der Waals surface area contributed by atoms with E-state index in [9.17, 15) is 13.2 Å². The maximum atomic E-state index is 12.2. The number of hydrogen-bond acceptors (Lipinski definition) is 4. The van der Waals surface area contributed by atoms with Gasteiger partial charge in [-0.05, 0) is 0 Å². The summed E-state index contributed by atoms with van der Waals surface area (Å²) in [6.45, 7) is 0. The fourth-order valence-electron chi connectivity index (χ4n) is 0.848. The zero-order valence-corrected chi connectivity index (χ0v) is 7.91. The van der Waals surface area contributed by atoms with Crippen LogP contribution in [-0.2, 0) is 6.18 Å². The van der Waals surface area contributed by atoms with Crippen molar-refractivity contribution in [2.24, 2.45) is 0 Å². The van der Waals surface area contributed by atoms with Crippen LogP contribution in [0.25, 0.3) is 10.3 Å². The molecule has 0 fully saturated rings. The van der Waals surface area contributed by atoms with E-state index < -0.39 is 11.2 Å². The molecular formula is C6HClF3N3S. The van der Waals surface area contributed by atoms with Crippen LogP contribution >= 0.6 is 22.9 Å². The number of nitrogens with zero attached hydrogens (tertiary/aromatic N) is 3. The molecule has 2 rings (SSSR count). The minimum Gasteiger partial charge on any atom is -0.227 e. The monoisotopic (exact) mass is 239 g/mol. The van der Waals surface area contributed by atoms with Gasteiger partial charge in [-0.15, -0.1) is 0 Å². The molecule has 0 saturated carbocycles. The number of fused-ring (bicyclic) bond motifs is 1. The summed E-state index contributed by atoms with van der Waals surface area (Å²) in [6, 6.07) is 0. The number of alkyl halides is 3. The van der Waals surface area contributed by atoms with E-state index in [1.54, 1.807) is 0 Å². The van der Waals surface area contributed by atoms with E-state index >= 15 is 0 Å². The Morgan fingerprint density at radius 1 is 1.29 bits per heavy atom. The molecule has 8 heteroatoms. The molecule has 0 bridgehead atoms. The molecule has 0 radical (unpaired) electrons. The maximum Gasteiger partial charge on any atom is 0.443 e. The van der Waals surface area contributed by atoms with Crippen LogP contribution < -0.4 is 0 Å². The Bertz CT molecular complexity index is 481. The number of thiazole rings is 1. The Labute approximate surface area is 84.6 Å². The SMILES string of the molecule is FC(F)(F)c1nc2c(Cl)ncnc2s1. The van der Waals surface area contributed by atoms with Crippen LogP contribution in [0.3, 0.4) is 0 Å². The largest absolute Gasteiger partial charge is 0.443 e. The molecule has 0 aliphatic carbocycles. The predicted molar refractivity (Wildman–Crippen MR) is 45.2 cm³/mol. The summed E-state index contributed by atoms with van der Waals surface area (Å²) in [5.74, 6) is 0. The molecule has 0 aromatic carbocycles. The summed E-state index contributed by atoms with van der Waals surface area (Å²) in [4.78, 5) is 10.6. The quantitative estimate of drug-likeness (QED) is 0.664. The van der Waals surface area contributed by atoms with Crippen molar-refractivity contribution in [2.45, 2.75) is 6.18 Å². The Morgan fingerprint density at radius 3 is 2.57 bits per heavy atom. The third-order valence-corrected chi connectivity index (χ3v) is 2.68. The van der Waals surface area contributed by atoms with Crippen molar-refractivity contribution in [3.8, 4) is 0 Å². The lowest BCUT2D eigenvalue weighted by molar-refractivity contribution is -0.137. The van der Waals surface area contributed by atoms with Crippen molar-refractivity contribution in [3.05, 3.63) is 16.5 Å². The second-order valence-electron chi connectivity index (χ2n) is 2.34. The molecule has 2 heterocycles. The summed E-state index contributed by atoms with van der Waals surface area (Å²) >= 11 is 5.99. The highest BCUT2D eigenvalue weighted by Crippen LogP contribution is 2.35. The Kier molecular flexibility index (Phi) is 2.07.